The van der Waals surface area contributed by atoms with E-state index in [1.165, 1.54) is 23.7 Å². The molecule has 0 aliphatic heterocycles. The first-order valence-corrected chi connectivity index (χ1v) is 6.35. The third-order valence-electron chi connectivity index (χ3n) is 2.37. The monoisotopic (exact) mass is 280 g/mol. The van der Waals surface area contributed by atoms with Crippen molar-refractivity contribution in [3.63, 3.8) is 0 Å². The van der Waals surface area contributed by atoms with Gasteiger partial charge in [0, 0.05) is 11.1 Å². The molecule has 2 aromatic heterocycles. The van der Waals surface area contributed by atoms with Crippen LogP contribution in [0.15, 0.2) is 22.9 Å². The quantitative estimate of drug-likeness (QED) is 0.867. The van der Waals surface area contributed by atoms with Crippen LogP contribution in [0.5, 0.6) is 0 Å². The highest BCUT2D eigenvalue weighted by molar-refractivity contribution is 7.11. The highest BCUT2D eigenvalue weighted by atomic mass is 32.1. The number of rotatable bonds is 5. The lowest BCUT2D eigenvalue weighted by Gasteiger charge is -2.02. The van der Waals surface area contributed by atoms with E-state index in [0.717, 1.165) is 9.88 Å². The zero-order valence-electron chi connectivity index (χ0n) is 10.2. The molecule has 100 valence electrons. The summed E-state index contributed by atoms with van der Waals surface area (Å²) in [5.41, 5.74) is 0.246. The molecule has 7 heteroatoms. The number of carboxylic acid groups (broad SMARTS) is 1. The minimum Gasteiger partial charge on any atom is -0.481 e. The Morgan fingerprint density at radius 3 is 2.95 bits per heavy atom. The van der Waals surface area contributed by atoms with E-state index in [9.17, 15) is 9.59 Å². The van der Waals surface area contributed by atoms with Crippen molar-refractivity contribution in [2.24, 2.45) is 0 Å². The largest absolute Gasteiger partial charge is 0.481 e. The van der Waals surface area contributed by atoms with Crippen LogP contribution < -0.4 is 5.32 Å². The molecule has 0 fully saturated rings. The molecular formula is C12H12N2O4S. The Balaban J connectivity index is 2.00. The second-order valence-corrected chi connectivity index (χ2v) is 5.19. The maximum Gasteiger partial charge on any atom is 0.311 e. The Morgan fingerprint density at radius 2 is 2.32 bits per heavy atom. The minimum absolute atomic E-state index is 0.153. The van der Waals surface area contributed by atoms with Gasteiger partial charge in [0.2, 0.25) is 0 Å². The lowest BCUT2D eigenvalue weighted by molar-refractivity contribution is -0.136. The number of amides is 1. The number of carbonyl (C=O) groups is 2. The molecule has 0 bridgehead atoms. The fourth-order valence-corrected chi connectivity index (χ4v) is 2.28. The summed E-state index contributed by atoms with van der Waals surface area (Å²) >= 11 is 1.50. The summed E-state index contributed by atoms with van der Waals surface area (Å²) in [7, 11) is 0. The Morgan fingerprint density at radius 1 is 1.53 bits per heavy atom. The molecule has 6 nitrogen and oxygen atoms in total. The molecule has 0 radical (unpaired) electrons. The highest BCUT2D eigenvalue weighted by Gasteiger charge is 2.17. The number of hydrogen-bond acceptors (Lipinski definition) is 5. The number of nitrogens with one attached hydrogen (secondary N) is 1. The molecule has 0 aromatic carbocycles. The van der Waals surface area contributed by atoms with Gasteiger partial charge in [-0.05, 0) is 13.0 Å². The maximum atomic E-state index is 11.9. The van der Waals surface area contributed by atoms with Gasteiger partial charge in [0.05, 0.1) is 18.4 Å². The second kappa shape index (κ2) is 5.66. The zero-order chi connectivity index (χ0) is 13.8. The number of carboxylic acids is 1. The van der Waals surface area contributed by atoms with Crippen LogP contribution in [-0.2, 0) is 17.8 Å². The number of aromatic nitrogens is 1. The molecule has 2 N–H and O–H groups in total. The van der Waals surface area contributed by atoms with Gasteiger partial charge in [-0.3, -0.25) is 9.59 Å². The van der Waals surface area contributed by atoms with E-state index in [4.69, 9.17) is 9.52 Å². The van der Waals surface area contributed by atoms with Crippen molar-refractivity contribution >= 4 is 23.2 Å². The van der Waals surface area contributed by atoms with Crippen LogP contribution >= 0.6 is 11.3 Å². The average Bonchev–Trinajstić information content (AvgIpc) is 2.94. The molecule has 19 heavy (non-hydrogen) atoms. The SMILES string of the molecule is Cc1cnc(CNC(=O)c2ccoc2CC(=O)O)s1. The van der Waals surface area contributed by atoms with Crippen molar-refractivity contribution in [3.8, 4) is 0 Å². The van der Waals surface area contributed by atoms with Crippen molar-refractivity contribution in [2.75, 3.05) is 0 Å². The molecule has 2 aromatic rings. The summed E-state index contributed by atoms with van der Waals surface area (Å²) in [5, 5.41) is 12.2. The number of hydrogen-bond donors (Lipinski definition) is 2. The van der Waals surface area contributed by atoms with Crippen LogP contribution in [0.25, 0.3) is 0 Å². The zero-order valence-corrected chi connectivity index (χ0v) is 11.0. The Hall–Kier alpha value is -2.15. The average molecular weight is 280 g/mol. The summed E-state index contributed by atoms with van der Waals surface area (Å²) in [6.07, 6.45) is 2.73. The van der Waals surface area contributed by atoms with Gasteiger partial charge in [-0.15, -0.1) is 11.3 Å². The molecule has 0 saturated heterocycles. The summed E-state index contributed by atoms with van der Waals surface area (Å²) in [6.45, 7) is 2.25. The van der Waals surface area contributed by atoms with Gasteiger partial charge in [0.25, 0.3) is 5.91 Å². The first-order chi connectivity index (χ1) is 9.06. The molecule has 2 rings (SSSR count). The first-order valence-electron chi connectivity index (χ1n) is 5.54. The van der Waals surface area contributed by atoms with Gasteiger partial charge < -0.3 is 14.8 Å². The van der Waals surface area contributed by atoms with Crippen LogP contribution in [-0.4, -0.2) is 22.0 Å². The predicted molar refractivity (Wildman–Crippen MR) is 68.1 cm³/mol. The van der Waals surface area contributed by atoms with E-state index >= 15 is 0 Å². The van der Waals surface area contributed by atoms with Crippen molar-refractivity contribution < 1.29 is 19.1 Å². The third-order valence-corrected chi connectivity index (χ3v) is 3.28. The molecule has 2 heterocycles. The first kappa shape index (κ1) is 13.3. The predicted octanol–water partition coefficient (Wildman–Crippen LogP) is 1.60. The number of carbonyl (C=O) groups excluding carboxylic acids is 1. The van der Waals surface area contributed by atoms with Crippen LogP contribution in [0.1, 0.15) is 26.0 Å². The number of aryl methyl sites for hydroxylation is 1. The van der Waals surface area contributed by atoms with Gasteiger partial charge in [-0.1, -0.05) is 0 Å². The van der Waals surface area contributed by atoms with Crippen LogP contribution in [0.4, 0.5) is 0 Å². The molecule has 0 saturated carbocycles. The van der Waals surface area contributed by atoms with E-state index < -0.39 is 5.97 Å². The summed E-state index contributed by atoms with van der Waals surface area (Å²) < 4.78 is 5.00. The van der Waals surface area contributed by atoms with Crippen molar-refractivity contribution in [3.05, 3.63) is 39.7 Å². The molecule has 0 aliphatic carbocycles. The number of nitrogens with zero attached hydrogens (tertiary/aromatic N) is 1. The summed E-state index contributed by atoms with van der Waals surface area (Å²) in [5.74, 6) is -1.25. The highest BCUT2D eigenvalue weighted by Crippen LogP contribution is 2.13. The van der Waals surface area contributed by atoms with Crippen LogP contribution in [0, 0.1) is 6.92 Å². The Labute approximate surface area is 113 Å². The van der Waals surface area contributed by atoms with Gasteiger partial charge >= 0.3 is 5.97 Å². The Kier molecular flexibility index (Phi) is 3.96. The standard InChI is InChI=1S/C12H12N2O4S/c1-7-5-13-10(19-7)6-14-12(17)8-2-3-18-9(8)4-11(15)16/h2-3,5H,4,6H2,1H3,(H,14,17)(H,15,16). The van der Waals surface area contributed by atoms with Gasteiger partial charge in [-0.25, -0.2) is 4.98 Å². The number of furan rings is 1. The van der Waals surface area contributed by atoms with E-state index in [2.05, 4.69) is 10.3 Å². The van der Waals surface area contributed by atoms with Crippen molar-refractivity contribution in [1.29, 1.82) is 0 Å². The fourth-order valence-electron chi connectivity index (χ4n) is 1.55. The van der Waals surface area contributed by atoms with Gasteiger partial charge in [0.15, 0.2) is 0 Å². The van der Waals surface area contributed by atoms with E-state index in [1.54, 1.807) is 6.20 Å². The van der Waals surface area contributed by atoms with E-state index in [-0.39, 0.29) is 23.7 Å². The molecular weight excluding hydrogens is 268 g/mol. The smallest absolute Gasteiger partial charge is 0.311 e. The minimum atomic E-state index is -1.04. The lowest BCUT2D eigenvalue weighted by Crippen LogP contribution is -2.23. The number of thiazole rings is 1. The lowest BCUT2D eigenvalue weighted by atomic mass is 10.2. The number of aliphatic carboxylic acids is 1. The van der Waals surface area contributed by atoms with Crippen LogP contribution in [0.3, 0.4) is 0 Å². The van der Waals surface area contributed by atoms with E-state index in [1.807, 2.05) is 6.92 Å². The third kappa shape index (κ3) is 3.41. The van der Waals surface area contributed by atoms with E-state index in [0.29, 0.717) is 6.54 Å². The molecule has 0 aliphatic rings. The summed E-state index contributed by atoms with van der Waals surface area (Å²) in [4.78, 5) is 27.7. The van der Waals surface area contributed by atoms with Crippen LogP contribution in [0.2, 0.25) is 0 Å². The van der Waals surface area contributed by atoms with Crippen molar-refractivity contribution in [1.82, 2.24) is 10.3 Å². The van der Waals surface area contributed by atoms with Gasteiger partial charge in [-0.2, -0.15) is 0 Å². The molecule has 0 unspecified atom stereocenters. The molecule has 1 amide bonds. The fraction of sp³-hybridized carbons (Fsp3) is 0.250. The Bertz CT molecular complexity index is 602. The molecule has 0 atom stereocenters. The normalized spacial score (nSPS) is 10.4. The van der Waals surface area contributed by atoms with Crippen molar-refractivity contribution in [2.45, 2.75) is 19.9 Å². The molecule has 0 spiro atoms. The maximum absolute atomic E-state index is 11.9. The second-order valence-electron chi connectivity index (χ2n) is 3.88. The topological polar surface area (TPSA) is 92.4 Å². The summed E-state index contributed by atoms with van der Waals surface area (Å²) in [6, 6.07) is 1.46. The van der Waals surface area contributed by atoms with Gasteiger partial charge in [0.1, 0.15) is 17.2 Å².